The predicted molar refractivity (Wildman–Crippen MR) is 72.2 cm³/mol. The smallest absolute Gasteiger partial charge is 0.119 e. The topological polar surface area (TPSA) is 47.3 Å². The Hall–Kier alpha value is -1.06. The van der Waals surface area contributed by atoms with Crippen LogP contribution in [-0.2, 0) is 6.54 Å². The molecule has 0 aliphatic carbocycles. The Morgan fingerprint density at radius 2 is 1.88 bits per heavy atom. The Labute approximate surface area is 104 Å². The molecular formula is C14H24N2O. The lowest BCUT2D eigenvalue weighted by Gasteiger charge is -2.22. The van der Waals surface area contributed by atoms with Gasteiger partial charge in [-0.2, -0.15) is 0 Å². The van der Waals surface area contributed by atoms with E-state index in [-0.39, 0.29) is 5.41 Å². The molecule has 96 valence electrons. The van der Waals surface area contributed by atoms with Crippen LogP contribution in [-0.4, -0.2) is 19.7 Å². The van der Waals surface area contributed by atoms with E-state index >= 15 is 0 Å². The monoisotopic (exact) mass is 236 g/mol. The summed E-state index contributed by atoms with van der Waals surface area (Å²) in [6, 6.07) is 8.20. The minimum atomic E-state index is 0.158. The summed E-state index contributed by atoms with van der Waals surface area (Å²) in [6.07, 6.45) is 0. The molecule has 1 rings (SSSR count). The van der Waals surface area contributed by atoms with E-state index in [9.17, 15) is 0 Å². The molecule has 17 heavy (non-hydrogen) atoms. The number of nitrogens with two attached hydrogens (primary N) is 1. The van der Waals surface area contributed by atoms with E-state index in [1.54, 1.807) is 0 Å². The molecule has 3 N–H and O–H groups in total. The zero-order valence-electron chi connectivity index (χ0n) is 11.1. The summed E-state index contributed by atoms with van der Waals surface area (Å²) in [6.45, 7) is 9.53. The fourth-order valence-corrected chi connectivity index (χ4v) is 1.49. The third-order valence-electron chi connectivity index (χ3n) is 2.72. The molecular weight excluding hydrogens is 212 g/mol. The van der Waals surface area contributed by atoms with Crippen molar-refractivity contribution < 1.29 is 4.74 Å². The molecule has 0 amide bonds. The molecule has 3 heteroatoms. The molecule has 1 aromatic carbocycles. The van der Waals surface area contributed by atoms with Crippen molar-refractivity contribution in [3.63, 3.8) is 0 Å². The van der Waals surface area contributed by atoms with Crippen LogP contribution in [0.1, 0.15) is 26.3 Å². The molecule has 0 aliphatic heterocycles. The largest absolute Gasteiger partial charge is 0.494 e. The second-order valence-electron chi connectivity index (χ2n) is 5.05. The first-order valence-electron chi connectivity index (χ1n) is 6.20. The highest BCUT2D eigenvalue weighted by atomic mass is 16.5. The number of ether oxygens (including phenoxy) is 1. The van der Waals surface area contributed by atoms with Crippen molar-refractivity contribution >= 4 is 0 Å². The molecule has 0 aromatic heterocycles. The van der Waals surface area contributed by atoms with Gasteiger partial charge in [-0.1, -0.05) is 26.0 Å². The zero-order valence-corrected chi connectivity index (χ0v) is 11.1. The van der Waals surface area contributed by atoms with Crippen LogP contribution in [0.4, 0.5) is 0 Å². The molecule has 0 unspecified atom stereocenters. The molecule has 0 heterocycles. The molecule has 0 atom stereocenters. The lowest BCUT2D eigenvalue weighted by molar-refractivity contribution is 0.339. The number of rotatable bonds is 7. The molecule has 0 spiro atoms. The Bertz CT molecular complexity index is 319. The Balaban J connectivity index is 2.37. The lowest BCUT2D eigenvalue weighted by Crippen LogP contribution is -2.35. The van der Waals surface area contributed by atoms with Gasteiger partial charge < -0.3 is 15.8 Å². The van der Waals surface area contributed by atoms with Crippen molar-refractivity contribution in [1.29, 1.82) is 0 Å². The van der Waals surface area contributed by atoms with Crippen LogP contribution in [0, 0.1) is 5.41 Å². The second kappa shape index (κ2) is 6.62. The molecule has 0 fully saturated rings. The van der Waals surface area contributed by atoms with Crippen LogP contribution in [0.5, 0.6) is 5.75 Å². The minimum absolute atomic E-state index is 0.158. The van der Waals surface area contributed by atoms with E-state index in [4.69, 9.17) is 10.5 Å². The maximum atomic E-state index is 5.68. The van der Waals surface area contributed by atoms with Gasteiger partial charge >= 0.3 is 0 Å². The Morgan fingerprint density at radius 3 is 2.41 bits per heavy atom. The van der Waals surface area contributed by atoms with Gasteiger partial charge in [-0.25, -0.2) is 0 Å². The van der Waals surface area contributed by atoms with Crippen molar-refractivity contribution in [1.82, 2.24) is 5.32 Å². The fraction of sp³-hybridized carbons (Fsp3) is 0.571. The van der Waals surface area contributed by atoms with Gasteiger partial charge in [-0.3, -0.25) is 0 Å². The highest BCUT2D eigenvalue weighted by Gasteiger charge is 2.14. The summed E-state index contributed by atoms with van der Waals surface area (Å²) in [5.41, 5.74) is 7.11. The van der Waals surface area contributed by atoms with Crippen LogP contribution in [0.15, 0.2) is 24.3 Å². The quantitative estimate of drug-likeness (QED) is 0.762. The van der Waals surface area contributed by atoms with Gasteiger partial charge in [0.15, 0.2) is 0 Å². The van der Waals surface area contributed by atoms with Crippen LogP contribution in [0.3, 0.4) is 0 Å². The van der Waals surface area contributed by atoms with E-state index in [2.05, 4.69) is 31.3 Å². The van der Waals surface area contributed by atoms with Gasteiger partial charge in [0.05, 0.1) is 6.61 Å². The van der Waals surface area contributed by atoms with Crippen LogP contribution in [0.2, 0.25) is 0 Å². The van der Waals surface area contributed by atoms with E-state index in [1.807, 2.05) is 19.1 Å². The van der Waals surface area contributed by atoms with Crippen molar-refractivity contribution in [2.24, 2.45) is 11.1 Å². The highest BCUT2D eigenvalue weighted by molar-refractivity contribution is 5.27. The first-order valence-corrected chi connectivity index (χ1v) is 6.20. The number of nitrogens with one attached hydrogen (secondary N) is 1. The van der Waals surface area contributed by atoms with Gasteiger partial charge in [0.1, 0.15) is 5.75 Å². The average molecular weight is 236 g/mol. The zero-order chi connectivity index (χ0) is 12.7. The average Bonchev–Trinajstić information content (AvgIpc) is 2.32. The van der Waals surface area contributed by atoms with E-state index in [0.29, 0.717) is 13.2 Å². The summed E-state index contributed by atoms with van der Waals surface area (Å²) in [5, 5.41) is 3.42. The van der Waals surface area contributed by atoms with E-state index in [0.717, 1.165) is 18.8 Å². The van der Waals surface area contributed by atoms with Crippen molar-refractivity contribution in [3.8, 4) is 5.75 Å². The SMILES string of the molecule is CCOc1ccc(CNCC(C)(C)CN)cc1. The minimum Gasteiger partial charge on any atom is -0.494 e. The summed E-state index contributed by atoms with van der Waals surface area (Å²) in [7, 11) is 0. The third kappa shape index (κ3) is 5.20. The third-order valence-corrected chi connectivity index (χ3v) is 2.72. The highest BCUT2D eigenvalue weighted by Crippen LogP contribution is 2.13. The van der Waals surface area contributed by atoms with Gasteiger partial charge in [-0.05, 0) is 36.6 Å². The molecule has 3 nitrogen and oxygen atoms in total. The summed E-state index contributed by atoms with van der Waals surface area (Å²) in [5.74, 6) is 0.929. The molecule has 0 radical (unpaired) electrons. The number of benzene rings is 1. The van der Waals surface area contributed by atoms with Gasteiger partial charge in [0.2, 0.25) is 0 Å². The van der Waals surface area contributed by atoms with Crippen LogP contribution < -0.4 is 15.8 Å². The predicted octanol–water partition coefficient (Wildman–Crippen LogP) is 2.16. The van der Waals surface area contributed by atoms with E-state index in [1.165, 1.54) is 5.56 Å². The summed E-state index contributed by atoms with van der Waals surface area (Å²) in [4.78, 5) is 0. The van der Waals surface area contributed by atoms with E-state index < -0.39 is 0 Å². The first kappa shape index (κ1) is 14.0. The number of hydrogen-bond acceptors (Lipinski definition) is 3. The fourth-order valence-electron chi connectivity index (χ4n) is 1.49. The van der Waals surface area contributed by atoms with Crippen LogP contribution >= 0.6 is 0 Å². The Kier molecular flexibility index (Phi) is 5.45. The van der Waals surface area contributed by atoms with Crippen molar-refractivity contribution in [2.45, 2.75) is 27.3 Å². The number of hydrogen-bond donors (Lipinski definition) is 2. The molecule has 0 aliphatic rings. The first-order chi connectivity index (χ1) is 8.07. The standard InChI is InChI=1S/C14H24N2O/c1-4-17-13-7-5-12(6-8-13)9-16-11-14(2,3)10-15/h5-8,16H,4,9-11,15H2,1-3H3. The molecule has 1 aromatic rings. The van der Waals surface area contributed by atoms with Crippen LogP contribution in [0.25, 0.3) is 0 Å². The second-order valence-corrected chi connectivity index (χ2v) is 5.05. The van der Waals surface area contributed by atoms with Gasteiger partial charge in [0.25, 0.3) is 0 Å². The normalized spacial score (nSPS) is 11.5. The van der Waals surface area contributed by atoms with Crippen molar-refractivity contribution in [3.05, 3.63) is 29.8 Å². The molecule has 0 bridgehead atoms. The van der Waals surface area contributed by atoms with Gasteiger partial charge in [0, 0.05) is 13.1 Å². The molecule has 0 saturated heterocycles. The lowest BCUT2D eigenvalue weighted by atomic mass is 9.94. The summed E-state index contributed by atoms with van der Waals surface area (Å²) >= 11 is 0. The maximum Gasteiger partial charge on any atom is 0.119 e. The van der Waals surface area contributed by atoms with Gasteiger partial charge in [-0.15, -0.1) is 0 Å². The maximum absolute atomic E-state index is 5.68. The van der Waals surface area contributed by atoms with Crippen molar-refractivity contribution in [2.75, 3.05) is 19.7 Å². The Morgan fingerprint density at radius 1 is 1.24 bits per heavy atom. The molecule has 0 saturated carbocycles. The summed E-state index contributed by atoms with van der Waals surface area (Å²) < 4.78 is 5.40.